The van der Waals surface area contributed by atoms with E-state index in [1.807, 2.05) is 0 Å². The second-order valence-corrected chi connectivity index (χ2v) is 6.39. The number of nitrogens with zero attached hydrogens (tertiary/aromatic N) is 2. The number of piperidine rings is 1. The van der Waals surface area contributed by atoms with E-state index in [4.69, 9.17) is 0 Å². The van der Waals surface area contributed by atoms with E-state index in [2.05, 4.69) is 20.3 Å². The van der Waals surface area contributed by atoms with Crippen LogP contribution < -0.4 is 10.1 Å². The molecule has 0 unspecified atom stereocenters. The van der Waals surface area contributed by atoms with Gasteiger partial charge in [0.15, 0.2) is 0 Å². The quantitative estimate of drug-likeness (QED) is 0.715. The standard InChI is InChI=1S/C11H21N5O2S/c1-9-11(10(8-12-2)14-13-9)19(17,18)15-16-6-4-3-5-7-16/h12,15H,3-8H2,1-2H3,(H,13,14). The third kappa shape index (κ3) is 3.33. The number of nitrogens with one attached hydrogen (secondary N) is 3. The molecule has 3 N–H and O–H groups in total. The number of aryl methyl sites for hydroxylation is 1. The van der Waals surface area contributed by atoms with Crippen molar-refractivity contribution in [3.8, 4) is 0 Å². The molecule has 0 saturated carbocycles. The molecule has 0 amide bonds. The highest BCUT2D eigenvalue weighted by atomic mass is 32.2. The molecule has 0 spiro atoms. The van der Waals surface area contributed by atoms with Gasteiger partial charge in [0.1, 0.15) is 4.90 Å². The van der Waals surface area contributed by atoms with Gasteiger partial charge in [0.25, 0.3) is 10.0 Å². The first-order valence-electron chi connectivity index (χ1n) is 6.50. The Balaban J connectivity index is 2.20. The zero-order chi connectivity index (χ0) is 13.9. The summed E-state index contributed by atoms with van der Waals surface area (Å²) in [6.45, 7) is 3.66. The van der Waals surface area contributed by atoms with Crippen LogP contribution in [0, 0.1) is 6.92 Å². The molecule has 2 heterocycles. The first-order chi connectivity index (χ1) is 9.04. The summed E-state index contributed by atoms with van der Waals surface area (Å²) in [5.41, 5.74) is 1.08. The average molecular weight is 287 g/mol. The molecule has 1 fully saturated rings. The van der Waals surface area contributed by atoms with Crippen molar-refractivity contribution in [1.29, 1.82) is 0 Å². The summed E-state index contributed by atoms with van der Waals surface area (Å²) in [6, 6.07) is 0. The topological polar surface area (TPSA) is 90.1 Å². The molecule has 0 radical (unpaired) electrons. The van der Waals surface area contributed by atoms with Crippen LogP contribution in [0.5, 0.6) is 0 Å². The van der Waals surface area contributed by atoms with Gasteiger partial charge in [-0.05, 0) is 26.8 Å². The highest BCUT2D eigenvalue weighted by Gasteiger charge is 2.26. The van der Waals surface area contributed by atoms with E-state index in [0.29, 0.717) is 17.9 Å². The van der Waals surface area contributed by atoms with E-state index in [-0.39, 0.29) is 4.90 Å². The van der Waals surface area contributed by atoms with Crippen molar-refractivity contribution in [3.63, 3.8) is 0 Å². The van der Waals surface area contributed by atoms with E-state index in [1.165, 1.54) is 0 Å². The second-order valence-electron chi connectivity index (χ2n) is 4.80. The van der Waals surface area contributed by atoms with Crippen molar-refractivity contribution in [2.75, 3.05) is 20.1 Å². The molecule has 108 valence electrons. The molecule has 0 aliphatic carbocycles. The predicted octanol–water partition coefficient (Wildman–Crippen LogP) is 0.117. The molecule has 1 aliphatic rings. The molecule has 1 aromatic rings. The van der Waals surface area contributed by atoms with Crippen molar-refractivity contribution in [1.82, 2.24) is 25.4 Å². The Morgan fingerprint density at radius 2 is 2.00 bits per heavy atom. The Morgan fingerprint density at radius 3 is 2.63 bits per heavy atom. The minimum atomic E-state index is -3.56. The Bertz CT molecular complexity index is 519. The summed E-state index contributed by atoms with van der Waals surface area (Å²) in [7, 11) is -1.80. The third-order valence-corrected chi connectivity index (χ3v) is 4.76. The van der Waals surface area contributed by atoms with Gasteiger partial charge in [-0.3, -0.25) is 5.10 Å². The molecular weight excluding hydrogens is 266 g/mol. The Hall–Kier alpha value is -0.960. The van der Waals surface area contributed by atoms with Crippen LogP contribution in [0.2, 0.25) is 0 Å². The Labute approximate surface area is 113 Å². The molecule has 19 heavy (non-hydrogen) atoms. The molecule has 8 heteroatoms. The largest absolute Gasteiger partial charge is 0.314 e. The predicted molar refractivity (Wildman–Crippen MR) is 71.8 cm³/mol. The molecule has 1 aliphatic heterocycles. The smallest absolute Gasteiger partial charge is 0.257 e. The number of H-pyrrole nitrogens is 1. The number of hydrogen-bond acceptors (Lipinski definition) is 5. The van der Waals surface area contributed by atoms with Gasteiger partial charge < -0.3 is 5.32 Å². The second kappa shape index (κ2) is 6.00. The molecule has 1 saturated heterocycles. The SMILES string of the molecule is CNCc1n[nH]c(C)c1S(=O)(=O)NN1CCCCC1. The molecule has 2 rings (SSSR count). The fourth-order valence-corrected chi connectivity index (χ4v) is 3.80. The van der Waals surface area contributed by atoms with Crippen molar-refractivity contribution >= 4 is 10.0 Å². The van der Waals surface area contributed by atoms with Gasteiger partial charge in [-0.2, -0.15) is 5.10 Å². The fraction of sp³-hybridized carbons (Fsp3) is 0.727. The lowest BCUT2D eigenvalue weighted by molar-refractivity contribution is 0.200. The van der Waals surface area contributed by atoms with E-state index in [0.717, 1.165) is 32.4 Å². The van der Waals surface area contributed by atoms with E-state index < -0.39 is 10.0 Å². The van der Waals surface area contributed by atoms with Gasteiger partial charge in [-0.25, -0.2) is 13.4 Å². The van der Waals surface area contributed by atoms with Gasteiger partial charge in [0.2, 0.25) is 0 Å². The van der Waals surface area contributed by atoms with Crippen LogP contribution in [0.25, 0.3) is 0 Å². The highest BCUT2D eigenvalue weighted by Crippen LogP contribution is 2.18. The Morgan fingerprint density at radius 1 is 1.32 bits per heavy atom. The van der Waals surface area contributed by atoms with E-state index in [1.54, 1.807) is 19.0 Å². The molecule has 0 aromatic carbocycles. The summed E-state index contributed by atoms with van der Waals surface area (Å²) < 4.78 is 24.9. The van der Waals surface area contributed by atoms with Crippen LogP contribution in [0.4, 0.5) is 0 Å². The zero-order valence-corrected chi connectivity index (χ0v) is 12.2. The minimum absolute atomic E-state index is 0.257. The minimum Gasteiger partial charge on any atom is -0.314 e. The molecule has 7 nitrogen and oxygen atoms in total. The van der Waals surface area contributed by atoms with Crippen molar-refractivity contribution in [3.05, 3.63) is 11.4 Å². The molecule has 0 atom stereocenters. The van der Waals surface area contributed by atoms with Crippen molar-refractivity contribution in [2.24, 2.45) is 0 Å². The van der Waals surface area contributed by atoms with Crippen LogP contribution in [-0.4, -0.2) is 43.8 Å². The highest BCUT2D eigenvalue weighted by molar-refractivity contribution is 7.89. The van der Waals surface area contributed by atoms with Gasteiger partial charge in [-0.15, -0.1) is 4.83 Å². The van der Waals surface area contributed by atoms with E-state index in [9.17, 15) is 8.42 Å². The molecule has 0 bridgehead atoms. The normalized spacial score (nSPS) is 17.8. The maximum absolute atomic E-state index is 12.4. The van der Waals surface area contributed by atoms with Gasteiger partial charge in [0, 0.05) is 19.6 Å². The first-order valence-corrected chi connectivity index (χ1v) is 7.99. The van der Waals surface area contributed by atoms with Gasteiger partial charge in [-0.1, -0.05) is 6.42 Å². The number of hydrazine groups is 1. The molecule has 1 aromatic heterocycles. The van der Waals surface area contributed by atoms with Crippen LogP contribution >= 0.6 is 0 Å². The number of aromatic nitrogens is 2. The Kier molecular flexibility index (Phi) is 4.56. The monoisotopic (exact) mass is 287 g/mol. The van der Waals surface area contributed by atoms with E-state index >= 15 is 0 Å². The van der Waals surface area contributed by atoms with Crippen molar-refractivity contribution < 1.29 is 8.42 Å². The summed E-state index contributed by atoms with van der Waals surface area (Å²) in [4.78, 5) is 2.91. The van der Waals surface area contributed by atoms with Crippen molar-refractivity contribution in [2.45, 2.75) is 37.6 Å². The fourth-order valence-electron chi connectivity index (χ4n) is 2.31. The number of aromatic amines is 1. The lowest BCUT2D eigenvalue weighted by Crippen LogP contribution is -2.45. The average Bonchev–Trinajstić information content (AvgIpc) is 2.72. The van der Waals surface area contributed by atoms with Gasteiger partial charge in [0.05, 0.1) is 11.4 Å². The number of rotatable bonds is 5. The van der Waals surface area contributed by atoms with Crippen LogP contribution in [0.1, 0.15) is 30.7 Å². The lowest BCUT2D eigenvalue weighted by Gasteiger charge is -2.26. The number of hydrogen-bond donors (Lipinski definition) is 3. The lowest BCUT2D eigenvalue weighted by atomic mass is 10.2. The summed E-state index contributed by atoms with van der Waals surface area (Å²) in [6.07, 6.45) is 3.21. The maximum atomic E-state index is 12.4. The summed E-state index contributed by atoms with van der Waals surface area (Å²) >= 11 is 0. The zero-order valence-electron chi connectivity index (χ0n) is 11.4. The third-order valence-electron chi connectivity index (χ3n) is 3.18. The summed E-state index contributed by atoms with van der Waals surface area (Å²) in [5, 5.41) is 11.5. The molecular formula is C11H21N5O2S. The maximum Gasteiger partial charge on any atom is 0.257 e. The van der Waals surface area contributed by atoms with Crippen LogP contribution in [0.15, 0.2) is 4.90 Å². The first kappa shape index (κ1) is 14.4. The van der Waals surface area contributed by atoms with Crippen LogP contribution in [0.3, 0.4) is 0 Å². The number of sulfonamides is 1. The van der Waals surface area contributed by atoms with Crippen LogP contribution in [-0.2, 0) is 16.6 Å². The summed E-state index contributed by atoms with van der Waals surface area (Å²) in [5.74, 6) is 0. The van der Waals surface area contributed by atoms with Gasteiger partial charge >= 0.3 is 0 Å².